The van der Waals surface area contributed by atoms with Crippen LogP contribution in [0.2, 0.25) is 0 Å². The Morgan fingerprint density at radius 2 is 1.56 bits per heavy atom. The summed E-state index contributed by atoms with van der Waals surface area (Å²) in [4.78, 5) is 29.5. The number of halogens is 2. The van der Waals surface area contributed by atoms with E-state index in [1.54, 1.807) is 11.0 Å². The van der Waals surface area contributed by atoms with Gasteiger partial charge in [0.05, 0.1) is 24.5 Å². The van der Waals surface area contributed by atoms with E-state index in [1.807, 2.05) is 26.0 Å². The number of hydrogen-bond acceptors (Lipinski definition) is 5. The summed E-state index contributed by atoms with van der Waals surface area (Å²) >= 11 is 0. The Hall–Kier alpha value is -3.10. The number of hydrogen-bond donors (Lipinski definition) is 0. The van der Waals surface area contributed by atoms with Crippen molar-refractivity contribution in [3.8, 4) is 0 Å². The van der Waals surface area contributed by atoms with Crippen molar-refractivity contribution in [2.75, 3.05) is 45.4 Å². The van der Waals surface area contributed by atoms with Gasteiger partial charge in [0, 0.05) is 33.4 Å². The van der Waals surface area contributed by atoms with Crippen LogP contribution in [-0.4, -0.2) is 57.2 Å². The topological polar surface area (TPSA) is 59.1 Å². The van der Waals surface area contributed by atoms with Crippen LogP contribution in [0.5, 0.6) is 0 Å². The van der Waals surface area contributed by atoms with Gasteiger partial charge in [-0.25, -0.2) is 13.7 Å². The van der Waals surface area contributed by atoms with Gasteiger partial charge in [-0.15, -0.1) is 0 Å². The molecule has 170 valence electrons. The summed E-state index contributed by atoms with van der Waals surface area (Å²) in [5.41, 5.74) is 2.18. The number of benzene rings is 2. The van der Waals surface area contributed by atoms with E-state index in [2.05, 4.69) is 0 Å². The summed E-state index contributed by atoms with van der Waals surface area (Å²) in [6, 6.07) is 8.19. The molecule has 0 fully saturated rings. The smallest absolute Gasteiger partial charge is 0.282 e. The first kappa shape index (κ1) is 23.6. The second kappa shape index (κ2) is 10.0. The highest BCUT2D eigenvalue weighted by molar-refractivity contribution is 6.45. The maximum atomic E-state index is 14.6. The van der Waals surface area contributed by atoms with Gasteiger partial charge in [0.2, 0.25) is 0 Å². The molecule has 2 amide bonds. The minimum Gasteiger partial charge on any atom is -0.383 e. The lowest BCUT2D eigenvalue weighted by molar-refractivity contribution is -0.120. The van der Waals surface area contributed by atoms with Gasteiger partial charge in [-0.3, -0.25) is 9.59 Å². The summed E-state index contributed by atoms with van der Waals surface area (Å²) < 4.78 is 38.8. The average molecular weight is 444 g/mol. The summed E-state index contributed by atoms with van der Waals surface area (Å²) in [5, 5.41) is 0. The van der Waals surface area contributed by atoms with E-state index in [4.69, 9.17) is 9.47 Å². The lowest BCUT2D eigenvalue weighted by Gasteiger charge is -2.26. The zero-order valence-electron chi connectivity index (χ0n) is 18.6. The van der Waals surface area contributed by atoms with Crippen LogP contribution in [0.1, 0.15) is 16.7 Å². The molecule has 0 aromatic heterocycles. The van der Waals surface area contributed by atoms with Crippen LogP contribution >= 0.6 is 0 Å². The average Bonchev–Trinajstić information content (AvgIpc) is 3.00. The van der Waals surface area contributed by atoms with E-state index in [0.29, 0.717) is 36.8 Å². The molecular weight excluding hydrogens is 418 g/mol. The third-order valence-corrected chi connectivity index (χ3v) is 5.31. The van der Waals surface area contributed by atoms with Crippen LogP contribution in [0, 0.1) is 25.5 Å². The van der Waals surface area contributed by atoms with Gasteiger partial charge in [0.1, 0.15) is 17.3 Å². The van der Waals surface area contributed by atoms with Crippen molar-refractivity contribution in [3.63, 3.8) is 0 Å². The van der Waals surface area contributed by atoms with Crippen LogP contribution < -0.4 is 4.90 Å². The van der Waals surface area contributed by atoms with Gasteiger partial charge in [0.25, 0.3) is 11.8 Å². The summed E-state index contributed by atoms with van der Waals surface area (Å²) in [7, 11) is 3.06. The fraction of sp³-hybridized carbons (Fsp3) is 0.333. The van der Waals surface area contributed by atoms with Crippen molar-refractivity contribution in [2.24, 2.45) is 0 Å². The van der Waals surface area contributed by atoms with Gasteiger partial charge in [-0.05, 0) is 37.1 Å². The maximum absolute atomic E-state index is 14.6. The molecule has 2 aromatic rings. The Bertz CT molecular complexity index is 1060. The van der Waals surface area contributed by atoms with Crippen molar-refractivity contribution < 1.29 is 27.8 Å². The van der Waals surface area contributed by atoms with Gasteiger partial charge in [-0.2, -0.15) is 0 Å². The molecule has 0 unspecified atom stereocenters. The first-order valence-electron chi connectivity index (χ1n) is 10.2. The zero-order valence-corrected chi connectivity index (χ0v) is 18.6. The number of carbonyl (C=O) groups is 2. The fourth-order valence-corrected chi connectivity index (χ4v) is 3.76. The van der Waals surface area contributed by atoms with Crippen molar-refractivity contribution in [1.82, 2.24) is 4.90 Å². The molecule has 1 aliphatic heterocycles. The third-order valence-electron chi connectivity index (χ3n) is 5.31. The summed E-state index contributed by atoms with van der Waals surface area (Å²) in [6.07, 6.45) is 0. The van der Waals surface area contributed by atoms with Crippen molar-refractivity contribution in [3.05, 3.63) is 70.4 Å². The number of aryl methyl sites for hydroxylation is 2. The summed E-state index contributed by atoms with van der Waals surface area (Å²) in [6.45, 7) is 4.97. The van der Waals surface area contributed by atoms with E-state index in [0.717, 1.165) is 29.3 Å². The van der Waals surface area contributed by atoms with Gasteiger partial charge in [-0.1, -0.05) is 23.8 Å². The number of ether oxygens (including phenoxy) is 2. The second-order valence-electron chi connectivity index (χ2n) is 7.56. The Morgan fingerprint density at radius 1 is 0.906 bits per heavy atom. The molecule has 0 aliphatic carbocycles. The molecule has 1 aliphatic rings. The van der Waals surface area contributed by atoms with Gasteiger partial charge < -0.3 is 14.4 Å². The normalized spacial score (nSPS) is 14.0. The number of nitrogens with zero attached hydrogens (tertiary/aromatic N) is 2. The Kier molecular flexibility index (Phi) is 7.37. The molecule has 0 N–H and O–H groups in total. The Balaban J connectivity index is 2.21. The standard InChI is InChI=1S/C24H26F2N2O4/c1-15-5-7-18(16(2)13-15)21-22(27(9-11-31-3)10-12-32-4)24(30)28(23(21)29)20-14-17(25)6-8-19(20)26/h5-8,13-14H,9-12H2,1-4H3. The van der Waals surface area contributed by atoms with E-state index in [9.17, 15) is 18.4 Å². The highest BCUT2D eigenvalue weighted by atomic mass is 19.1. The molecule has 3 rings (SSSR count). The van der Waals surface area contributed by atoms with Crippen LogP contribution in [0.25, 0.3) is 5.57 Å². The molecule has 0 spiro atoms. The van der Waals surface area contributed by atoms with Crippen LogP contribution in [0.15, 0.2) is 42.1 Å². The molecule has 32 heavy (non-hydrogen) atoms. The van der Waals surface area contributed by atoms with E-state index in [-0.39, 0.29) is 11.3 Å². The Morgan fingerprint density at radius 3 is 2.16 bits per heavy atom. The maximum Gasteiger partial charge on any atom is 0.282 e. The van der Waals surface area contributed by atoms with E-state index in [1.165, 1.54) is 14.2 Å². The van der Waals surface area contributed by atoms with Gasteiger partial charge >= 0.3 is 0 Å². The largest absolute Gasteiger partial charge is 0.383 e. The monoisotopic (exact) mass is 444 g/mol. The summed E-state index contributed by atoms with van der Waals surface area (Å²) in [5.74, 6) is -3.04. The first-order chi connectivity index (χ1) is 15.3. The molecule has 0 saturated heterocycles. The molecule has 0 bridgehead atoms. The highest BCUT2D eigenvalue weighted by Crippen LogP contribution is 2.37. The predicted octanol–water partition coefficient (Wildman–Crippen LogP) is 3.46. The zero-order chi connectivity index (χ0) is 23.4. The lowest BCUT2D eigenvalue weighted by Crippen LogP contribution is -2.38. The van der Waals surface area contributed by atoms with Crippen molar-refractivity contribution >= 4 is 23.1 Å². The highest BCUT2D eigenvalue weighted by Gasteiger charge is 2.43. The Labute approximate surface area is 186 Å². The van der Waals surface area contributed by atoms with Crippen LogP contribution in [0.4, 0.5) is 14.5 Å². The molecule has 6 nitrogen and oxygen atoms in total. The van der Waals surface area contributed by atoms with Crippen molar-refractivity contribution in [2.45, 2.75) is 13.8 Å². The second-order valence-corrected chi connectivity index (χ2v) is 7.56. The molecule has 2 aromatic carbocycles. The minimum atomic E-state index is -0.866. The number of carbonyl (C=O) groups excluding carboxylic acids is 2. The minimum absolute atomic E-state index is 0.111. The van der Waals surface area contributed by atoms with Gasteiger partial charge in [0.15, 0.2) is 0 Å². The van der Waals surface area contributed by atoms with Crippen LogP contribution in [-0.2, 0) is 19.1 Å². The number of imide groups is 1. The molecule has 0 atom stereocenters. The quantitative estimate of drug-likeness (QED) is 0.555. The van der Waals surface area contributed by atoms with E-state index >= 15 is 0 Å². The van der Waals surface area contributed by atoms with Crippen LogP contribution in [0.3, 0.4) is 0 Å². The molecule has 8 heteroatoms. The predicted molar refractivity (Wildman–Crippen MR) is 117 cm³/mol. The molecular formula is C24H26F2N2O4. The molecule has 0 saturated carbocycles. The number of amides is 2. The van der Waals surface area contributed by atoms with E-state index < -0.39 is 29.1 Å². The third kappa shape index (κ3) is 4.56. The van der Waals surface area contributed by atoms with Crippen molar-refractivity contribution in [1.29, 1.82) is 0 Å². The molecule has 0 radical (unpaired) electrons. The number of anilines is 1. The first-order valence-corrected chi connectivity index (χ1v) is 10.2. The fourth-order valence-electron chi connectivity index (χ4n) is 3.76. The number of methoxy groups -OCH3 is 2. The SMILES string of the molecule is COCCN(CCOC)C1=C(c2ccc(C)cc2C)C(=O)N(c2cc(F)ccc2F)C1=O. The molecule has 1 heterocycles. The number of rotatable bonds is 9. The lowest BCUT2D eigenvalue weighted by atomic mass is 9.97.